The molecule has 6 nitrogen and oxygen atoms in total. The van der Waals surface area contributed by atoms with E-state index in [0.717, 1.165) is 16.9 Å². The Morgan fingerprint density at radius 1 is 1.26 bits per heavy atom. The molecule has 1 heterocycles. The van der Waals surface area contributed by atoms with Gasteiger partial charge in [-0.15, -0.1) is 0 Å². The molecule has 1 atom stereocenters. The summed E-state index contributed by atoms with van der Waals surface area (Å²) in [4.78, 5) is 31.6. The molecule has 0 spiro atoms. The second-order valence-electron chi connectivity index (χ2n) is 6.69. The molecule has 2 amide bonds. The fraction of sp³-hybridized carbons (Fsp3) is 0.471. The van der Waals surface area contributed by atoms with Crippen molar-refractivity contribution in [3.05, 3.63) is 30.1 Å². The number of nitrogens with zero attached hydrogens (tertiary/aromatic N) is 1. The number of H-pyrrole nitrogens is 1. The fourth-order valence-corrected chi connectivity index (χ4v) is 2.06. The molecule has 23 heavy (non-hydrogen) atoms. The van der Waals surface area contributed by atoms with Crippen LogP contribution in [0.2, 0.25) is 0 Å². The van der Waals surface area contributed by atoms with Crippen molar-refractivity contribution < 1.29 is 9.59 Å². The molecular formula is C17H24N4O2. The minimum Gasteiger partial charge on any atom is -0.354 e. The number of hydrogen-bond donors (Lipinski definition) is 3. The molecule has 3 N–H and O–H groups in total. The van der Waals surface area contributed by atoms with Gasteiger partial charge in [0.1, 0.15) is 11.9 Å². The predicted molar refractivity (Wildman–Crippen MR) is 89.9 cm³/mol. The molecule has 0 aliphatic rings. The van der Waals surface area contributed by atoms with Crippen LogP contribution in [0.5, 0.6) is 0 Å². The number of amides is 2. The highest BCUT2D eigenvalue weighted by Crippen LogP contribution is 2.13. The summed E-state index contributed by atoms with van der Waals surface area (Å²) in [5.74, 6) is 0.494. The predicted octanol–water partition coefficient (Wildman–Crippen LogP) is 1.77. The molecule has 1 unspecified atom stereocenters. The maximum absolute atomic E-state index is 12.0. The highest BCUT2D eigenvalue weighted by atomic mass is 16.2. The third-order valence-electron chi connectivity index (χ3n) is 3.52. The van der Waals surface area contributed by atoms with Crippen LogP contribution in [0.3, 0.4) is 0 Å². The number of imidazole rings is 1. The molecule has 0 fully saturated rings. The zero-order valence-corrected chi connectivity index (χ0v) is 14.1. The second kappa shape index (κ2) is 6.81. The highest BCUT2D eigenvalue weighted by molar-refractivity contribution is 5.89. The second-order valence-corrected chi connectivity index (χ2v) is 6.69. The van der Waals surface area contributed by atoms with E-state index in [0.29, 0.717) is 13.0 Å². The normalized spacial score (nSPS) is 12.9. The average molecular weight is 316 g/mol. The fourth-order valence-electron chi connectivity index (χ4n) is 2.06. The summed E-state index contributed by atoms with van der Waals surface area (Å²) >= 11 is 0. The summed E-state index contributed by atoms with van der Waals surface area (Å²) in [6.07, 6.45) is 0.611. The van der Waals surface area contributed by atoms with Gasteiger partial charge < -0.3 is 15.6 Å². The average Bonchev–Trinajstić information content (AvgIpc) is 2.88. The summed E-state index contributed by atoms with van der Waals surface area (Å²) in [6.45, 7) is 7.59. The lowest BCUT2D eigenvalue weighted by molar-refractivity contribution is -0.133. The molecule has 0 radical (unpaired) electrons. The van der Waals surface area contributed by atoms with Crippen LogP contribution >= 0.6 is 0 Å². The van der Waals surface area contributed by atoms with Gasteiger partial charge in [-0.05, 0) is 19.1 Å². The van der Waals surface area contributed by atoms with E-state index in [9.17, 15) is 9.59 Å². The van der Waals surface area contributed by atoms with E-state index < -0.39 is 11.5 Å². The van der Waals surface area contributed by atoms with Crippen molar-refractivity contribution >= 4 is 22.8 Å². The number of fused-ring (bicyclic) bond motifs is 1. The number of aromatic nitrogens is 2. The number of carbonyl (C=O) groups excluding carboxylic acids is 2. The minimum atomic E-state index is -0.558. The van der Waals surface area contributed by atoms with Crippen LogP contribution in [0, 0.1) is 5.41 Å². The number of nitrogens with one attached hydrogen (secondary N) is 3. The topological polar surface area (TPSA) is 86.9 Å². The number of hydrogen-bond acceptors (Lipinski definition) is 3. The molecule has 6 heteroatoms. The zero-order valence-electron chi connectivity index (χ0n) is 14.1. The number of para-hydroxylation sites is 2. The number of aromatic amines is 1. The van der Waals surface area contributed by atoms with Gasteiger partial charge in [0.05, 0.1) is 11.0 Å². The van der Waals surface area contributed by atoms with Gasteiger partial charge in [-0.3, -0.25) is 9.59 Å². The monoisotopic (exact) mass is 316 g/mol. The van der Waals surface area contributed by atoms with Crippen LogP contribution in [0.25, 0.3) is 11.0 Å². The van der Waals surface area contributed by atoms with Crippen molar-refractivity contribution in [2.75, 3.05) is 6.54 Å². The van der Waals surface area contributed by atoms with Crippen LogP contribution in [0.4, 0.5) is 0 Å². The lowest BCUT2D eigenvalue weighted by Crippen LogP contribution is -2.48. The Labute approximate surface area is 136 Å². The molecule has 124 valence electrons. The lowest BCUT2D eigenvalue weighted by Gasteiger charge is -2.21. The highest BCUT2D eigenvalue weighted by Gasteiger charge is 2.24. The first-order valence-electron chi connectivity index (χ1n) is 7.79. The molecule has 1 aromatic heterocycles. The number of benzene rings is 1. The van der Waals surface area contributed by atoms with E-state index in [1.807, 2.05) is 45.0 Å². The molecule has 0 aliphatic carbocycles. The summed E-state index contributed by atoms with van der Waals surface area (Å²) in [5.41, 5.74) is 1.39. The van der Waals surface area contributed by atoms with E-state index in [4.69, 9.17) is 0 Å². The van der Waals surface area contributed by atoms with Crippen molar-refractivity contribution in [2.24, 2.45) is 5.41 Å². The van der Waals surface area contributed by atoms with E-state index in [2.05, 4.69) is 20.6 Å². The van der Waals surface area contributed by atoms with E-state index in [1.54, 1.807) is 6.92 Å². The molecule has 0 aliphatic heterocycles. The van der Waals surface area contributed by atoms with Crippen LogP contribution < -0.4 is 10.6 Å². The third-order valence-corrected chi connectivity index (χ3v) is 3.52. The summed E-state index contributed by atoms with van der Waals surface area (Å²) in [7, 11) is 0. The van der Waals surface area contributed by atoms with Gasteiger partial charge in [-0.1, -0.05) is 32.9 Å². The van der Waals surface area contributed by atoms with Gasteiger partial charge in [0.15, 0.2) is 0 Å². The van der Waals surface area contributed by atoms with Crippen molar-refractivity contribution in [1.82, 2.24) is 20.6 Å². The lowest BCUT2D eigenvalue weighted by atomic mass is 9.95. The number of rotatable bonds is 5. The van der Waals surface area contributed by atoms with E-state index in [-0.39, 0.29) is 11.8 Å². The van der Waals surface area contributed by atoms with Gasteiger partial charge in [0.25, 0.3) is 0 Å². The van der Waals surface area contributed by atoms with Crippen LogP contribution in [0.1, 0.15) is 33.5 Å². The molecule has 0 saturated heterocycles. The van der Waals surface area contributed by atoms with Gasteiger partial charge in [-0.25, -0.2) is 4.98 Å². The Balaban J connectivity index is 1.81. The van der Waals surface area contributed by atoms with Gasteiger partial charge >= 0.3 is 0 Å². The third kappa shape index (κ3) is 4.55. The smallest absolute Gasteiger partial charge is 0.242 e. The first-order chi connectivity index (χ1) is 10.8. The van der Waals surface area contributed by atoms with Gasteiger partial charge in [-0.2, -0.15) is 0 Å². The minimum absolute atomic E-state index is 0.141. The molecule has 1 aromatic carbocycles. The Hall–Kier alpha value is -2.37. The quantitative estimate of drug-likeness (QED) is 0.785. The SMILES string of the molecule is CC(NC(=O)C(C)(C)C)C(=O)NCCc1nc2ccccc2[nH]1. The molecule has 0 bridgehead atoms. The molecule has 0 saturated carbocycles. The molecular weight excluding hydrogens is 292 g/mol. The van der Waals surface area contributed by atoms with Crippen LogP contribution in [-0.2, 0) is 16.0 Å². The first-order valence-corrected chi connectivity index (χ1v) is 7.79. The van der Waals surface area contributed by atoms with Crippen molar-refractivity contribution in [3.63, 3.8) is 0 Å². The van der Waals surface area contributed by atoms with Gasteiger partial charge in [0, 0.05) is 18.4 Å². The van der Waals surface area contributed by atoms with Crippen LogP contribution in [-0.4, -0.2) is 34.4 Å². The Kier molecular flexibility index (Phi) is 5.03. The van der Waals surface area contributed by atoms with Crippen molar-refractivity contribution in [1.29, 1.82) is 0 Å². The standard InChI is InChI=1S/C17H24N4O2/c1-11(19-16(23)17(2,3)4)15(22)18-10-9-14-20-12-7-5-6-8-13(12)21-14/h5-8,11H,9-10H2,1-4H3,(H,18,22)(H,19,23)(H,20,21). The van der Waals surface area contributed by atoms with E-state index >= 15 is 0 Å². The van der Waals surface area contributed by atoms with E-state index in [1.165, 1.54) is 0 Å². The maximum atomic E-state index is 12.0. The summed E-state index contributed by atoms with van der Waals surface area (Å²) in [5, 5.41) is 5.53. The zero-order chi connectivity index (χ0) is 17.0. The van der Waals surface area contributed by atoms with Crippen molar-refractivity contribution in [2.45, 2.75) is 40.2 Å². The summed E-state index contributed by atoms with van der Waals surface area (Å²) < 4.78 is 0. The maximum Gasteiger partial charge on any atom is 0.242 e. The van der Waals surface area contributed by atoms with Gasteiger partial charge in [0.2, 0.25) is 11.8 Å². The Morgan fingerprint density at radius 3 is 2.61 bits per heavy atom. The first kappa shape index (κ1) is 17.0. The van der Waals surface area contributed by atoms with Crippen LogP contribution in [0.15, 0.2) is 24.3 Å². The molecule has 2 aromatic rings. The Bertz CT molecular complexity index is 667. The largest absolute Gasteiger partial charge is 0.354 e. The molecule has 2 rings (SSSR count). The van der Waals surface area contributed by atoms with Crippen molar-refractivity contribution in [3.8, 4) is 0 Å². The summed E-state index contributed by atoms with van der Waals surface area (Å²) in [6, 6.07) is 7.24. The number of carbonyl (C=O) groups is 2. The Morgan fingerprint density at radius 2 is 1.96 bits per heavy atom.